The van der Waals surface area contributed by atoms with Crippen molar-refractivity contribution in [1.29, 1.82) is 0 Å². The van der Waals surface area contributed by atoms with Gasteiger partial charge in [-0.25, -0.2) is 4.79 Å². The van der Waals surface area contributed by atoms with Crippen LogP contribution in [0.2, 0.25) is 0 Å². The van der Waals surface area contributed by atoms with Crippen LogP contribution in [0.4, 0.5) is 0 Å². The summed E-state index contributed by atoms with van der Waals surface area (Å²) >= 11 is 0. The molecular weight excluding hydrogens is 308 g/mol. The van der Waals surface area contributed by atoms with Gasteiger partial charge in [0, 0.05) is 43.7 Å². The lowest BCUT2D eigenvalue weighted by Crippen LogP contribution is -2.48. The SMILES string of the molecule is CCOc1ccc2c(C(=O)N3CCN(CC)CC3)cc(=O)oc2c1. The third-order valence-electron chi connectivity index (χ3n) is 4.36. The molecule has 24 heavy (non-hydrogen) atoms. The van der Waals surface area contributed by atoms with Gasteiger partial charge in [0.05, 0.1) is 12.2 Å². The average Bonchev–Trinajstić information content (AvgIpc) is 2.60. The minimum atomic E-state index is -0.522. The number of rotatable bonds is 4. The van der Waals surface area contributed by atoms with Gasteiger partial charge >= 0.3 is 5.63 Å². The van der Waals surface area contributed by atoms with Gasteiger partial charge < -0.3 is 19.0 Å². The Hall–Kier alpha value is -2.34. The van der Waals surface area contributed by atoms with E-state index in [0.29, 0.717) is 42.0 Å². The van der Waals surface area contributed by atoms with Crippen LogP contribution in [-0.2, 0) is 0 Å². The lowest BCUT2D eigenvalue weighted by atomic mass is 10.1. The standard InChI is InChI=1S/C18H22N2O4/c1-3-19-7-9-20(10-8-19)18(22)15-12-17(21)24-16-11-13(23-4-2)5-6-14(15)16/h5-6,11-12H,3-4,7-10H2,1-2H3. The lowest BCUT2D eigenvalue weighted by molar-refractivity contribution is 0.0644. The molecule has 0 unspecified atom stereocenters. The van der Waals surface area contributed by atoms with Gasteiger partial charge in [-0.2, -0.15) is 0 Å². The molecule has 6 heteroatoms. The highest BCUT2D eigenvalue weighted by atomic mass is 16.5. The molecule has 128 valence electrons. The van der Waals surface area contributed by atoms with Gasteiger partial charge in [-0.1, -0.05) is 6.92 Å². The summed E-state index contributed by atoms with van der Waals surface area (Å²) in [4.78, 5) is 28.8. The summed E-state index contributed by atoms with van der Waals surface area (Å²) in [7, 11) is 0. The number of amides is 1. The molecule has 2 heterocycles. The number of nitrogens with zero attached hydrogens (tertiary/aromatic N) is 2. The van der Waals surface area contributed by atoms with Gasteiger partial charge in [0.25, 0.3) is 5.91 Å². The third-order valence-corrected chi connectivity index (χ3v) is 4.36. The predicted octanol–water partition coefficient (Wildman–Crippen LogP) is 1.97. The number of benzene rings is 1. The molecule has 0 bridgehead atoms. The van der Waals surface area contributed by atoms with Crippen LogP contribution in [0.25, 0.3) is 11.0 Å². The maximum Gasteiger partial charge on any atom is 0.337 e. The van der Waals surface area contributed by atoms with E-state index in [1.54, 1.807) is 23.1 Å². The first-order chi connectivity index (χ1) is 11.6. The lowest BCUT2D eigenvalue weighted by Gasteiger charge is -2.34. The summed E-state index contributed by atoms with van der Waals surface area (Å²) in [6.45, 7) is 8.57. The molecule has 6 nitrogen and oxygen atoms in total. The fourth-order valence-electron chi connectivity index (χ4n) is 3.01. The fourth-order valence-corrected chi connectivity index (χ4v) is 3.01. The largest absolute Gasteiger partial charge is 0.494 e. The van der Waals surface area contributed by atoms with E-state index < -0.39 is 5.63 Å². The normalized spacial score (nSPS) is 15.7. The quantitative estimate of drug-likeness (QED) is 0.802. The van der Waals surface area contributed by atoms with Crippen molar-refractivity contribution in [1.82, 2.24) is 9.80 Å². The number of likely N-dealkylation sites (N-methyl/N-ethyl adjacent to an activating group) is 1. The highest BCUT2D eigenvalue weighted by Crippen LogP contribution is 2.24. The van der Waals surface area contributed by atoms with Crippen LogP contribution in [0.15, 0.2) is 33.5 Å². The van der Waals surface area contributed by atoms with Crippen molar-refractivity contribution in [2.45, 2.75) is 13.8 Å². The number of carbonyl (C=O) groups is 1. The zero-order valence-electron chi connectivity index (χ0n) is 14.1. The molecule has 1 aliphatic heterocycles. The molecule has 1 aromatic carbocycles. The van der Waals surface area contributed by atoms with Crippen LogP contribution in [0.5, 0.6) is 5.75 Å². The van der Waals surface area contributed by atoms with Crippen LogP contribution in [0.3, 0.4) is 0 Å². The predicted molar refractivity (Wildman–Crippen MR) is 91.7 cm³/mol. The Morgan fingerprint density at radius 3 is 2.58 bits per heavy atom. The van der Waals surface area contributed by atoms with Gasteiger partial charge in [-0.15, -0.1) is 0 Å². The molecule has 2 aromatic rings. The second kappa shape index (κ2) is 7.05. The van der Waals surface area contributed by atoms with E-state index in [2.05, 4.69) is 11.8 Å². The zero-order valence-corrected chi connectivity index (χ0v) is 14.1. The fraction of sp³-hybridized carbons (Fsp3) is 0.444. The Morgan fingerprint density at radius 2 is 1.92 bits per heavy atom. The molecule has 1 amide bonds. The molecule has 1 fully saturated rings. The van der Waals surface area contributed by atoms with E-state index in [-0.39, 0.29) is 5.91 Å². The molecule has 0 atom stereocenters. The van der Waals surface area contributed by atoms with Crippen LogP contribution in [-0.4, -0.2) is 55.0 Å². The third kappa shape index (κ3) is 3.28. The Kier molecular flexibility index (Phi) is 4.85. The number of piperazine rings is 1. The Balaban J connectivity index is 1.93. The van der Waals surface area contributed by atoms with Gasteiger partial charge in [0.15, 0.2) is 0 Å². The van der Waals surface area contributed by atoms with E-state index in [1.165, 1.54) is 6.07 Å². The summed E-state index contributed by atoms with van der Waals surface area (Å²) in [5.41, 5.74) is 0.255. The van der Waals surface area contributed by atoms with Crippen molar-refractivity contribution in [3.8, 4) is 5.75 Å². The van der Waals surface area contributed by atoms with Crippen molar-refractivity contribution in [2.75, 3.05) is 39.3 Å². The summed E-state index contributed by atoms with van der Waals surface area (Å²) in [6.07, 6.45) is 0. The maximum atomic E-state index is 12.9. The highest BCUT2D eigenvalue weighted by molar-refractivity contribution is 6.05. The van der Waals surface area contributed by atoms with Crippen molar-refractivity contribution in [3.63, 3.8) is 0 Å². The van der Waals surface area contributed by atoms with Crippen LogP contribution in [0.1, 0.15) is 24.2 Å². The van der Waals surface area contributed by atoms with Crippen LogP contribution >= 0.6 is 0 Å². The van der Waals surface area contributed by atoms with Crippen LogP contribution in [0, 0.1) is 0 Å². The number of hydrogen-bond acceptors (Lipinski definition) is 5. The molecule has 0 spiro atoms. The summed E-state index contributed by atoms with van der Waals surface area (Å²) in [6, 6.07) is 6.51. The number of carbonyl (C=O) groups excluding carboxylic acids is 1. The maximum absolute atomic E-state index is 12.9. The first-order valence-electron chi connectivity index (χ1n) is 8.34. The van der Waals surface area contributed by atoms with Crippen molar-refractivity contribution in [3.05, 3.63) is 40.2 Å². The minimum Gasteiger partial charge on any atom is -0.494 e. The van der Waals surface area contributed by atoms with E-state index in [0.717, 1.165) is 19.6 Å². The first kappa shape index (κ1) is 16.5. The monoisotopic (exact) mass is 330 g/mol. The van der Waals surface area contributed by atoms with E-state index in [1.807, 2.05) is 6.92 Å². The van der Waals surface area contributed by atoms with E-state index in [9.17, 15) is 9.59 Å². The van der Waals surface area contributed by atoms with Gasteiger partial charge in [-0.05, 0) is 25.6 Å². The van der Waals surface area contributed by atoms with Gasteiger partial charge in [0.2, 0.25) is 0 Å². The van der Waals surface area contributed by atoms with E-state index >= 15 is 0 Å². The molecule has 3 rings (SSSR count). The topological polar surface area (TPSA) is 63.0 Å². The zero-order chi connectivity index (χ0) is 17.1. The molecule has 1 aliphatic rings. The molecule has 0 aliphatic carbocycles. The molecule has 1 aromatic heterocycles. The molecular formula is C18H22N2O4. The van der Waals surface area contributed by atoms with Gasteiger partial charge in [-0.3, -0.25) is 4.79 Å². The second-order valence-electron chi connectivity index (χ2n) is 5.80. The number of hydrogen-bond donors (Lipinski definition) is 0. The summed E-state index contributed by atoms with van der Waals surface area (Å²) in [5.74, 6) is 0.502. The smallest absolute Gasteiger partial charge is 0.337 e. The van der Waals surface area contributed by atoms with Gasteiger partial charge in [0.1, 0.15) is 11.3 Å². The average molecular weight is 330 g/mol. The molecule has 0 radical (unpaired) electrons. The second-order valence-corrected chi connectivity index (χ2v) is 5.80. The Morgan fingerprint density at radius 1 is 1.17 bits per heavy atom. The van der Waals surface area contributed by atoms with Crippen LogP contribution < -0.4 is 10.4 Å². The Bertz CT molecular complexity index is 791. The van der Waals surface area contributed by atoms with E-state index in [4.69, 9.17) is 9.15 Å². The number of fused-ring (bicyclic) bond motifs is 1. The van der Waals surface area contributed by atoms with Crippen molar-refractivity contribution < 1.29 is 13.9 Å². The summed E-state index contributed by atoms with van der Waals surface area (Å²) < 4.78 is 10.7. The Labute approximate surface area is 140 Å². The number of ether oxygens (including phenoxy) is 1. The molecule has 1 saturated heterocycles. The molecule has 0 saturated carbocycles. The first-order valence-corrected chi connectivity index (χ1v) is 8.34. The highest BCUT2D eigenvalue weighted by Gasteiger charge is 2.23. The molecule has 0 N–H and O–H groups in total. The summed E-state index contributed by atoms with van der Waals surface area (Å²) in [5, 5.41) is 0.640. The van der Waals surface area contributed by atoms with Crippen molar-refractivity contribution in [2.24, 2.45) is 0 Å². The minimum absolute atomic E-state index is 0.118. The van der Waals surface area contributed by atoms with Crippen molar-refractivity contribution >= 4 is 16.9 Å².